The first-order chi connectivity index (χ1) is 12.2. The van der Waals surface area contributed by atoms with Gasteiger partial charge < -0.3 is 4.90 Å². The Kier molecular flexibility index (Phi) is 13.0. The van der Waals surface area contributed by atoms with Gasteiger partial charge in [0.05, 0.1) is 0 Å². The summed E-state index contributed by atoms with van der Waals surface area (Å²) < 4.78 is 0. The van der Waals surface area contributed by atoms with Crippen LogP contribution < -0.4 is 4.90 Å². The lowest BCUT2D eigenvalue weighted by Crippen LogP contribution is -2.08. The quantitative estimate of drug-likeness (QED) is 0.250. The highest BCUT2D eigenvalue weighted by Crippen LogP contribution is 2.12. The number of unbranched alkanes of at least 4 members (excludes halogenated alkanes) is 11. The van der Waals surface area contributed by atoms with E-state index in [9.17, 15) is 0 Å². The topological polar surface area (TPSA) is 15.6 Å². The minimum atomic E-state index is 0.965. The third-order valence-electron chi connectivity index (χ3n) is 4.79. The minimum Gasteiger partial charge on any atom is -0.378 e. The number of rotatable bonds is 15. The molecule has 0 saturated carbocycles. The molecule has 0 N–H and O–H groups in total. The van der Waals surface area contributed by atoms with Crippen molar-refractivity contribution in [2.24, 2.45) is 4.99 Å². The SMILES string of the molecule is CCCCCCCCCCCCCCN=Cc1ccc(N(C)C)cc1. The first-order valence-electron chi connectivity index (χ1n) is 10.5. The molecule has 0 heterocycles. The van der Waals surface area contributed by atoms with E-state index in [0.29, 0.717) is 0 Å². The van der Waals surface area contributed by atoms with Crippen LogP contribution in [0.5, 0.6) is 0 Å². The van der Waals surface area contributed by atoms with Crippen LogP contribution in [-0.4, -0.2) is 26.9 Å². The second kappa shape index (κ2) is 15.0. The van der Waals surface area contributed by atoms with Crippen molar-refractivity contribution in [3.63, 3.8) is 0 Å². The van der Waals surface area contributed by atoms with Gasteiger partial charge in [0, 0.05) is 32.5 Å². The first-order valence-corrected chi connectivity index (χ1v) is 10.5. The van der Waals surface area contributed by atoms with Crippen LogP contribution >= 0.6 is 0 Å². The Bertz CT molecular complexity index is 434. The van der Waals surface area contributed by atoms with Crippen molar-refractivity contribution in [2.45, 2.75) is 84.0 Å². The van der Waals surface area contributed by atoms with Crippen LogP contribution in [0, 0.1) is 0 Å². The van der Waals surface area contributed by atoms with Crippen LogP contribution in [0.15, 0.2) is 29.3 Å². The van der Waals surface area contributed by atoms with Crippen LogP contribution in [-0.2, 0) is 0 Å². The Morgan fingerprint density at radius 2 is 1.20 bits per heavy atom. The zero-order valence-corrected chi connectivity index (χ0v) is 17.0. The zero-order chi connectivity index (χ0) is 18.2. The molecular formula is C23H40N2. The van der Waals surface area contributed by atoms with E-state index < -0.39 is 0 Å². The molecule has 0 aromatic heterocycles. The number of aliphatic imine (C=N–C) groups is 1. The molecule has 25 heavy (non-hydrogen) atoms. The van der Waals surface area contributed by atoms with E-state index in [1.54, 1.807) is 0 Å². The number of benzene rings is 1. The van der Waals surface area contributed by atoms with Crippen molar-refractivity contribution in [2.75, 3.05) is 25.5 Å². The largest absolute Gasteiger partial charge is 0.378 e. The van der Waals surface area contributed by atoms with Crippen molar-refractivity contribution < 1.29 is 0 Å². The monoisotopic (exact) mass is 344 g/mol. The molecule has 2 heteroatoms. The molecule has 0 amide bonds. The van der Waals surface area contributed by atoms with Crippen LogP contribution in [0.1, 0.15) is 89.5 Å². The normalized spacial score (nSPS) is 11.3. The molecule has 0 unspecified atom stereocenters. The maximum atomic E-state index is 4.56. The van der Waals surface area contributed by atoms with Crippen molar-refractivity contribution in [3.8, 4) is 0 Å². The molecule has 0 aliphatic heterocycles. The Morgan fingerprint density at radius 3 is 1.68 bits per heavy atom. The summed E-state index contributed by atoms with van der Waals surface area (Å²) in [6.07, 6.45) is 18.8. The van der Waals surface area contributed by atoms with Crippen LogP contribution in [0.3, 0.4) is 0 Å². The van der Waals surface area contributed by atoms with E-state index in [-0.39, 0.29) is 0 Å². The minimum absolute atomic E-state index is 0.965. The molecule has 0 aliphatic carbocycles. The summed E-state index contributed by atoms with van der Waals surface area (Å²) in [6, 6.07) is 8.57. The van der Waals surface area contributed by atoms with Crippen molar-refractivity contribution in [3.05, 3.63) is 29.8 Å². The average Bonchev–Trinajstić information content (AvgIpc) is 2.62. The zero-order valence-electron chi connectivity index (χ0n) is 17.0. The van der Waals surface area contributed by atoms with Gasteiger partial charge in [-0.1, -0.05) is 89.7 Å². The molecule has 0 radical (unpaired) electrons. The highest BCUT2D eigenvalue weighted by Gasteiger charge is 1.95. The summed E-state index contributed by atoms with van der Waals surface area (Å²) in [7, 11) is 4.13. The molecule has 0 fully saturated rings. The Morgan fingerprint density at radius 1 is 0.720 bits per heavy atom. The fourth-order valence-corrected chi connectivity index (χ4v) is 3.07. The Balaban J connectivity index is 1.91. The van der Waals surface area contributed by atoms with Gasteiger partial charge in [0.2, 0.25) is 0 Å². The van der Waals surface area contributed by atoms with E-state index in [1.807, 2.05) is 6.21 Å². The van der Waals surface area contributed by atoms with Gasteiger partial charge in [-0.05, 0) is 24.1 Å². The van der Waals surface area contributed by atoms with Crippen LogP contribution in [0.25, 0.3) is 0 Å². The second-order valence-electron chi connectivity index (χ2n) is 7.41. The summed E-state index contributed by atoms with van der Waals surface area (Å²) in [5.74, 6) is 0. The summed E-state index contributed by atoms with van der Waals surface area (Å²) in [4.78, 5) is 6.68. The summed E-state index contributed by atoms with van der Waals surface area (Å²) in [6.45, 7) is 3.25. The van der Waals surface area contributed by atoms with E-state index >= 15 is 0 Å². The molecule has 0 saturated heterocycles. The third-order valence-corrected chi connectivity index (χ3v) is 4.79. The number of anilines is 1. The number of nitrogens with zero attached hydrogens (tertiary/aromatic N) is 2. The van der Waals surface area contributed by atoms with Crippen LogP contribution in [0.2, 0.25) is 0 Å². The molecular weight excluding hydrogens is 304 g/mol. The molecule has 0 spiro atoms. The average molecular weight is 345 g/mol. The fourth-order valence-electron chi connectivity index (χ4n) is 3.07. The summed E-state index contributed by atoms with van der Waals surface area (Å²) in [5.41, 5.74) is 2.43. The van der Waals surface area contributed by atoms with Crippen molar-refractivity contribution in [1.29, 1.82) is 0 Å². The van der Waals surface area contributed by atoms with Gasteiger partial charge in [-0.2, -0.15) is 0 Å². The van der Waals surface area contributed by atoms with E-state index in [4.69, 9.17) is 0 Å². The van der Waals surface area contributed by atoms with Gasteiger partial charge in [-0.3, -0.25) is 4.99 Å². The Labute approximate surface area is 156 Å². The lowest BCUT2D eigenvalue weighted by Gasteiger charge is -2.11. The highest BCUT2D eigenvalue weighted by atomic mass is 15.1. The van der Waals surface area contributed by atoms with Gasteiger partial charge in [0.15, 0.2) is 0 Å². The van der Waals surface area contributed by atoms with Gasteiger partial charge in [0.1, 0.15) is 0 Å². The van der Waals surface area contributed by atoms with Gasteiger partial charge >= 0.3 is 0 Å². The molecule has 0 aliphatic rings. The molecule has 2 nitrogen and oxygen atoms in total. The van der Waals surface area contributed by atoms with E-state index in [0.717, 1.165) is 6.54 Å². The lowest BCUT2D eigenvalue weighted by atomic mass is 10.1. The fraction of sp³-hybridized carbons (Fsp3) is 0.696. The standard InChI is InChI=1S/C23H40N2/c1-4-5-6-7-8-9-10-11-12-13-14-15-20-24-21-22-16-18-23(19-17-22)25(2)3/h16-19,21H,4-15,20H2,1-3H3. The number of hydrogen-bond donors (Lipinski definition) is 0. The maximum absolute atomic E-state index is 4.56. The van der Waals surface area contributed by atoms with Gasteiger partial charge in [0.25, 0.3) is 0 Å². The molecule has 1 aromatic carbocycles. The van der Waals surface area contributed by atoms with E-state index in [2.05, 4.69) is 55.2 Å². The third kappa shape index (κ3) is 11.8. The molecule has 1 aromatic rings. The molecule has 0 atom stereocenters. The highest BCUT2D eigenvalue weighted by molar-refractivity contribution is 5.80. The maximum Gasteiger partial charge on any atom is 0.0389 e. The Hall–Kier alpha value is -1.31. The predicted molar refractivity (Wildman–Crippen MR) is 114 cm³/mol. The van der Waals surface area contributed by atoms with Gasteiger partial charge in [-0.15, -0.1) is 0 Å². The van der Waals surface area contributed by atoms with Crippen LogP contribution in [0.4, 0.5) is 5.69 Å². The lowest BCUT2D eigenvalue weighted by molar-refractivity contribution is 0.545. The molecule has 0 bridgehead atoms. The van der Waals surface area contributed by atoms with E-state index in [1.165, 1.54) is 88.3 Å². The second-order valence-corrected chi connectivity index (χ2v) is 7.41. The van der Waals surface area contributed by atoms with Gasteiger partial charge in [-0.25, -0.2) is 0 Å². The smallest absolute Gasteiger partial charge is 0.0389 e. The first kappa shape index (κ1) is 21.7. The summed E-state index contributed by atoms with van der Waals surface area (Å²) >= 11 is 0. The summed E-state index contributed by atoms with van der Waals surface area (Å²) in [5, 5.41) is 0. The van der Waals surface area contributed by atoms with Crippen molar-refractivity contribution in [1.82, 2.24) is 0 Å². The van der Waals surface area contributed by atoms with Crippen molar-refractivity contribution >= 4 is 11.9 Å². The molecule has 1 rings (SSSR count). The predicted octanol–water partition coefficient (Wildman–Crippen LogP) is 6.87. The molecule has 142 valence electrons. The number of hydrogen-bond acceptors (Lipinski definition) is 2.